The largest absolute Gasteiger partial charge is 0.352 e. The van der Waals surface area contributed by atoms with Crippen LogP contribution in [0.3, 0.4) is 0 Å². The first kappa shape index (κ1) is 19.6. The van der Waals surface area contributed by atoms with Crippen molar-refractivity contribution in [2.45, 2.75) is 25.2 Å². The highest BCUT2D eigenvalue weighted by Gasteiger charge is 2.20. The van der Waals surface area contributed by atoms with E-state index in [0.29, 0.717) is 17.7 Å². The molecule has 1 amide bonds. The normalized spacial score (nSPS) is 11.2. The second kappa shape index (κ2) is 8.08. The number of rotatable bonds is 6. The Balaban J connectivity index is 2.38. The number of sulfonamides is 1. The molecule has 0 aliphatic carbocycles. The molecule has 0 aliphatic heterocycles. The van der Waals surface area contributed by atoms with Gasteiger partial charge in [-0.25, -0.2) is 8.42 Å². The van der Waals surface area contributed by atoms with E-state index in [1.54, 1.807) is 19.1 Å². The molecule has 0 saturated heterocycles. The van der Waals surface area contributed by atoms with Crippen LogP contribution in [-0.2, 0) is 10.0 Å². The van der Waals surface area contributed by atoms with Gasteiger partial charge >= 0.3 is 0 Å². The molecule has 0 fully saturated rings. The lowest BCUT2D eigenvalue weighted by Gasteiger charge is -2.13. The second-order valence-corrected chi connectivity index (χ2v) is 7.93. The Labute approximate surface area is 157 Å². The van der Waals surface area contributed by atoms with Gasteiger partial charge in [0.05, 0.1) is 20.6 Å². The summed E-state index contributed by atoms with van der Waals surface area (Å²) in [6.07, 6.45) is 0.787. The first-order valence-corrected chi connectivity index (χ1v) is 9.86. The van der Waals surface area contributed by atoms with E-state index in [1.165, 1.54) is 24.3 Å². The van der Waals surface area contributed by atoms with E-state index in [2.05, 4.69) is 10.0 Å². The maximum atomic E-state index is 12.6. The van der Waals surface area contributed by atoms with Crippen LogP contribution in [0.15, 0.2) is 41.3 Å². The maximum absolute atomic E-state index is 12.6. The third-order valence-electron chi connectivity index (χ3n) is 3.50. The molecule has 8 heteroatoms. The van der Waals surface area contributed by atoms with E-state index in [0.717, 1.165) is 6.42 Å². The van der Waals surface area contributed by atoms with Crippen molar-refractivity contribution < 1.29 is 13.2 Å². The minimum absolute atomic E-state index is 0.0456. The van der Waals surface area contributed by atoms with Crippen molar-refractivity contribution >= 4 is 44.8 Å². The van der Waals surface area contributed by atoms with Crippen LogP contribution in [0.5, 0.6) is 0 Å². The molecule has 134 valence electrons. The van der Waals surface area contributed by atoms with Crippen LogP contribution >= 0.6 is 23.2 Å². The van der Waals surface area contributed by atoms with Crippen molar-refractivity contribution in [3.05, 3.63) is 57.6 Å². The maximum Gasteiger partial charge on any atom is 0.262 e. The summed E-state index contributed by atoms with van der Waals surface area (Å²) in [6, 6.07) is 9.04. The number of carbonyl (C=O) groups is 1. The predicted molar refractivity (Wildman–Crippen MR) is 101 cm³/mol. The number of halogens is 2. The summed E-state index contributed by atoms with van der Waals surface area (Å²) in [5.41, 5.74) is 1.09. The monoisotopic (exact) mass is 400 g/mol. The lowest BCUT2D eigenvalue weighted by atomic mass is 10.1. The Morgan fingerprint density at radius 3 is 2.36 bits per heavy atom. The Kier molecular flexibility index (Phi) is 6.32. The van der Waals surface area contributed by atoms with Gasteiger partial charge in [0.25, 0.3) is 15.9 Å². The molecule has 2 N–H and O–H groups in total. The Morgan fingerprint density at radius 2 is 1.76 bits per heavy atom. The lowest BCUT2D eigenvalue weighted by molar-refractivity contribution is 0.0953. The highest BCUT2D eigenvalue weighted by atomic mass is 35.5. The average molecular weight is 401 g/mol. The first-order valence-electron chi connectivity index (χ1n) is 7.62. The number of nitrogens with one attached hydrogen (secondary N) is 2. The van der Waals surface area contributed by atoms with Crippen LogP contribution in [0.25, 0.3) is 0 Å². The molecule has 0 heterocycles. The highest BCUT2D eigenvalue weighted by molar-refractivity contribution is 7.92. The van der Waals surface area contributed by atoms with Gasteiger partial charge in [0.1, 0.15) is 0 Å². The number of hydrogen-bond donors (Lipinski definition) is 2. The summed E-state index contributed by atoms with van der Waals surface area (Å²) >= 11 is 12.0. The molecule has 2 aromatic carbocycles. The first-order chi connectivity index (χ1) is 11.8. The van der Waals surface area contributed by atoms with E-state index >= 15 is 0 Å². The Bertz CT molecular complexity index is 879. The van der Waals surface area contributed by atoms with E-state index in [-0.39, 0.29) is 26.5 Å². The van der Waals surface area contributed by atoms with Crippen molar-refractivity contribution in [1.82, 2.24) is 5.32 Å². The molecular formula is C17H18Cl2N2O3S. The van der Waals surface area contributed by atoms with Gasteiger partial charge in [0, 0.05) is 12.1 Å². The Hall–Kier alpha value is -1.76. The molecule has 0 aliphatic rings. The van der Waals surface area contributed by atoms with Crippen LogP contribution in [-0.4, -0.2) is 20.9 Å². The van der Waals surface area contributed by atoms with Crippen LogP contribution in [0.1, 0.15) is 29.3 Å². The van der Waals surface area contributed by atoms with Gasteiger partial charge in [-0.15, -0.1) is 0 Å². The number of hydrogen-bond acceptors (Lipinski definition) is 3. The smallest absolute Gasteiger partial charge is 0.262 e. The standard InChI is InChI=1S/C17H18Cl2N2O3S/c1-3-9-20-17(22)13-10-12(8-7-11(13)2)25(23,24)21-16-14(18)5-4-6-15(16)19/h4-8,10,21H,3,9H2,1-2H3,(H,20,22). The molecule has 2 rings (SSSR count). The van der Waals surface area contributed by atoms with Crippen LogP contribution in [0, 0.1) is 6.92 Å². The number of anilines is 1. The molecule has 0 spiro atoms. The zero-order valence-corrected chi connectivity index (χ0v) is 16.1. The number of para-hydroxylation sites is 1. The fourth-order valence-corrected chi connectivity index (χ4v) is 3.87. The number of carbonyl (C=O) groups excluding carboxylic acids is 1. The van der Waals surface area contributed by atoms with E-state index in [9.17, 15) is 13.2 Å². The summed E-state index contributed by atoms with van der Waals surface area (Å²) in [5.74, 6) is -0.313. The van der Waals surface area contributed by atoms with Gasteiger partial charge in [-0.1, -0.05) is 42.3 Å². The molecule has 0 aromatic heterocycles. The quantitative estimate of drug-likeness (QED) is 0.760. The molecular weight excluding hydrogens is 383 g/mol. The molecule has 0 radical (unpaired) electrons. The molecule has 0 atom stereocenters. The molecule has 5 nitrogen and oxygen atoms in total. The van der Waals surface area contributed by atoms with Gasteiger partial charge in [-0.3, -0.25) is 9.52 Å². The SMILES string of the molecule is CCCNC(=O)c1cc(S(=O)(=O)Nc2c(Cl)cccc2Cl)ccc1C. The van der Waals surface area contributed by atoms with Crippen molar-refractivity contribution in [1.29, 1.82) is 0 Å². The Morgan fingerprint density at radius 1 is 1.12 bits per heavy atom. The predicted octanol–water partition coefficient (Wildman–Crippen LogP) is 4.24. The average Bonchev–Trinajstić information content (AvgIpc) is 2.56. The summed E-state index contributed by atoms with van der Waals surface area (Å²) in [7, 11) is -3.95. The third-order valence-corrected chi connectivity index (χ3v) is 5.48. The molecule has 2 aromatic rings. The summed E-state index contributed by atoms with van der Waals surface area (Å²) in [4.78, 5) is 12.2. The molecule has 0 bridgehead atoms. The molecule has 25 heavy (non-hydrogen) atoms. The topological polar surface area (TPSA) is 75.3 Å². The zero-order valence-electron chi connectivity index (χ0n) is 13.8. The minimum atomic E-state index is -3.95. The van der Waals surface area contributed by atoms with Crippen LogP contribution in [0.2, 0.25) is 10.0 Å². The zero-order chi connectivity index (χ0) is 18.6. The van der Waals surface area contributed by atoms with Crippen molar-refractivity contribution in [2.75, 3.05) is 11.3 Å². The van der Waals surface area contributed by atoms with Gasteiger partial charge in [0.15, 0.2) is 0 Å². The summed E-state index contributed by atoms with van der Waals surface area (Å²) in [5, 5.41) is 3.11. The third kappa shape index (κ3) is 4.66. The van der Waals surface area contributed by atoms with E-state index in [4.69, 9.17) is 23.2 Å². The fraction of sp³-hybridized carbons (Fsp3) is 0.235. The van der Waals surface area contributed by atoms with Gasteiger partial charge in [-0.05, 0) is 43.2 Å². The summed E-state index contributed by atoms with van der Waals surface area (Å²) in [6.45, 7) is 4.20. The molecule has 0 saturated carbocycles. The lowest BCUT2D eigenvalue weighted by Crippen LogP contribution is -2.25. The molecule has 0 unspecified atom stereocenters. The number of aryl methyl sites for hydroxylation is 1. The van der Waals surface area contributed by atoms with Crippen LogP contribution < -0.4 is 10.0 Å². The van der Waals surface area contributed by atoms with E-state index < -0.39 is 10.0 Å². The van der Waals surface area contributed by atoms with Crippen molar-refractivity contribution in [3.8, 4) is 0 Å². The number of amides is 1. The van der Waals surface area contributed by atoms with Crippen molar-refractivity contribution in [3.63, 3.8) is 0 Å². The van der Waals surface area contributed by atoms with Crippen molar-refractivity contribution in [2.24, 2.45) is 0 Å². The highest BCUT2D eigenvalue weighted by Crippen LogP contribution is 2.32. The van der Waals surface area contributed by atoms with Gasteiger partial charge in [-0.2, -0.15) is 0 Å². The van der Waals surface area contributed by atoms with E-state index in [1.807, 2.05) is 6.92 Å². The van der Waals surface area contributed by atoms with Crippen LogP contribution in [0.4, 0.5) is 5.69 Å². The number of benzene rings is 2. The fourth-order valence-electron chi connectivity index (χ4n) is 2.14. The van der Waals surface area contributed by atoms with Gasteiger partial charge in [0.2, 0.25) is 0 Å². The second-order valence-electron chi connectivity index (χ2n) is 5.43. The summed E-state index contributed by atoms with van der Waals surface area (Å²) < 4.78 is 27.7. The minimum Gasteiger partial charge on any atom is -0.352 e. The van der Waals surface area contributed by atoms with Gasteiger partial charge < -0.3 is 5.32 Å².